The first-order chi connectivity index (χ1) is 16.3. The van der Waals surface area contributed by atoms with Gasteiger partial charge in [0.1, 0.15) is 0 Å². The first-order valence-corrected chi connectivity index (χ1v) is 11.3. The quantitative estimate of drug-likeness (QED) is 0.269. The van der Waals surface area contributed by atoms with E-state index < -0.39 is 0 Å². The Balaban J connectivity index is 1.67. The van der Waals surface area contributed by atoms with Crippen LogP contribution in [0.4, 0.5) is 0 Å². The molecule has 0 fully saturated rings. The Morgan fingerprint density at radius 1 is 0.606 bits per heavy atom. The topological polar surface area (TPSA) is 9.86 Å². The molecule has 0 amide bonds. The molecule has 2 nitrogen and oxygen atoms in total. The van der Waals surface area contributed by atoms with Crippen molar-refractivity contribution in [3.63, 3.8) is 0 Å². The molecule has 0 unspecified atom stereocenters. The summed E-state index contributed by atoms with van der Waals surface area (Å²) in [6.07, 6.45) is 6.23. The smallest absolute Gasteiger partial charge is 0.0541 e. The van der Waals surface area contributed by atoms with Crippen LogP contribution in [0.1, 0.15) is 18.2 Å². The fourth-order valence-electron chi connectivity index (χ4n) is 5.07. The second-order valence-electron chi connectivity index (χ2n) is 8.25. The number of hydrogen-bond acceptors (Lipinski definition) is 0. The van der Waals surface area contributed by atoms with Gasteiger partial charge in [-0.2, -0.15) is 0 Å². The van der Waals surface area contributed by atoms with Gasteiger partial charge in [0.25, 0.3) is 0 Å². The first-order valence-electron chi connectivity index (χ1n) is 11.3. The standard InChI is InChI=1S/C31H24N2/c1-3-12-28-24(4-2)25-15-5-8-18-29(25)32(28)22-13-11-14-23(21-22)33-30-19-9-6-16-26(30)27-17-7-10-20-31(27)33/h3-21H,2H2,1H3/b12-3-. The summed E-state index contributed by atoms with van der Waals surface area (Å²) in [7, 11) is 0. The van der Waals surface area contributed by atoms with E-state index in [9.17, 15) is 0 Å². The summed E-state index contributed by atoms with van der Waals surface area (Å²) in [6.45, 7) is 6.17. The Bertz CT molecular complexity index is 1640. The van der Waals surface area contributed by atoms with Crippen LogP contribution in [0, 0.1) is 0 Å². The summed E-state index contributed by atoms with van der Waals surface area (Å²) in [5, 5.41) is 3.75. The van der Waals surface area contributed by atoms with E-state index in [1.807, 2.05) is 6.08 Å². The van der Waals surface area contributed by atoms with Gasteiger partial charge in [-0.3, -0.25) is 0 Å². The monoisotopic (exact) mass is 424 g/mol. The van der Waals surface area contributed by atoms with Crippen LogP contribution >= 0.6 is 0 Å². The molecule has 0 spiro atoms. The van der Waals surface area contributed by atoms with Crippen LogP contribution in [0.2, 0.25) is 0 Å². The highest BCUT2D eigenvalue weighted by Crippen LogP contribution is 2.35. The molecule has 2 heteroatoms. The molecule has 0 bridgehead atoms. The van der Waals surface area contributed by atoms with Crippen molar-refractivity contribution in [3.05, 3.63) is 121 Å². The lowest BCUT2D eigenvalue weighted by Crippen LogP contribution is -2.00. The van der Waals surface area contributed by atoms with E-state index >= 15 is 0 Å². The number of para-hydroxylation sites is 3. The molecule has 2 aromatic heterocycles. The highest BCUT2D eigenvalue weighted by molar-refractivity contribution is 6.09. The number of rotatable bonds is 4. The largest absolute Gasteiger partial charge is 0.309 e. The van der Waals surface area contributed by atoms with E-state index in [4.69, 9.17) is 0 Å². The van der Waals surface area contributed by atoms with Gasteiger partial charge < -0.3 is 9.13 Å². The molecule has 4 aromatic carbocycles. The van der Waals surface area contributed by atoms with Crippen molar-refractivity contribution in [2.75, 3.05) is 0 Å². The van der Waals surface area contributed by atoms with E-state index in [-0.39, 0.29) is 0 Å². The summed E-state index contributed by atoms with van der Waals surface area (Å²) < 4.78 is 4.70. The first kappa shape index (κ1) is 19.4. The second-order valence-corrected chi connectivity index (χ2v) is 8.25. The third-order valence-electron chi connectivity index (χ3n) is 6.41. The number of allylic oxidation sites excluding steroid dienone is 1. The van der Waals surface area contributed by atoms with Crippen molar-refractivity contribution in [2.45, 2.75) is 6.92 Å². The van der Waals surface area contributed by atoms with Crippen molar-refractivity contribution >= 4 is 44.9 Å². The second kappa shape index (κ2) is 7.68. The minimum Gasteiger partial charge on any atom is -0.309 e. The van der Waals surface area contributed by atoms with Crippen molar-refractivity contribution in [3.8, 4) is 11.4 Å². The van der Waals surface area contributed by atoms with Gasteiger partial charge in [0.15, 0.2) is 0 Å². The van der Waals surface area contributed by atoms with Gasteiger partial charge in [-0.25, -0.2) is 0 Å². The van der Waals surface area contributed by atoms with Gasteiger partial charge in [-0.05, 0) is 49.4 Å². The van der Waals surface area contributed by atoms with Crippen LogP contribution in [-0.4, -0.2) is 9.13 Å². The lowest BCUT2D eigenvalue weighted by molar-refractivity contribution is 1.09. The Hall–Kier alpha value is -4.30. The molecule has 0 radical (unpaired) electrons. The molecule has 6 aromatic rings. The van der Waals surface area contributed by atoms with E-state index in [2.05, 4.69) is 132 Å². The van der Waals surface area contributed by atoms with E-state index in [1.54, 1.807) is 0 Å². The maximum Gasteiger partial charge on any atom is 0.0541 e. The molecule has 0 N–H and O–H groups in total. The molecule has 158 valence electrons. The summed E-state index contributed by atoms with van der Waals surface area (Å²) in [4.78, 5) is 0. The van der Waals surface area contributed by atoms with Crippen molar-refractivity contribution < 1.29 is 0 Å². The molecule has 0 saturated heterocycles. The minimum atomic E-state index is 1.13. The van der Waals surface area contributed by atoms with Gasteiger partial charge >= 0.3 is 0 Å². The van der Waals surface area contributed by atoms with Crippen molar-refractivity contribution in [2.24, 2.45) is 0 Å². The highest BCUT2D eigenvalue weighted by Gasteiger charge is 2.16. The summed E-state index contributed by atoms with van der Waals surface area (Å²) >= 11 is 0. The average molecular weight is 425 g/mol. The summed E-state index contributed by atoms with van der Waals surface area (Å²) in [5.74, 6) is 0. The predicted molar refractivity (Wildman–Crippen MR) is 142 cm³/mol. The van der Waals surface area contributed by atoms with Crippen molar-refractivity contribution in [1.29, 1.82) is 0 Å². The molecule has 0 aliphatic carbocycles. The third-order valence-corrected chi connectivity index (χ3v) is 6.41. The lowest BCUT2D eigenvalue weighted by Gasteiger charge is -2.13. The molecule has 0 saturated carbocycles. The highest BCUT2D eigenvalue weighted by atomic mass is 15.0. The molecular weight excluding hydrogens is 400 g/mol. The van der Waals surface area contributed by atoms with Crippen LogP contribution in [0.15, 0.2) is 110 Å². The zero-order chi connectivity index (χ0) is 22.4. The Morgan fingerprint density at radius 2 is 1.12 bits per heavy atom. The minimum absolute atomic E-state index is 1.13. The van der Waals surface area contributed by atoms with Crippen LogP contribution in [0.25, 0.3) is 56.2 Å². The maximum absolute atomic E-state index is 4.11. The third kappa shape index (κ3) is 2.88. The number of nitrogens with zero attached hydrogens (tertiary/aromatic N) is 2. The van der Waals surface area contributed by atoms with Crippen molar-refractivity contribution in [1.82, 2.24) is 9.13 Å². The Morgan fingerprint density at radius 3 is 1.70 bits per heavy atom. The summed E-state index contributed by atoms with van der Waals surface area (Å²) in [6, 6.07) is 34.6. The van der Waals surface area contributed by atoms with Crippen LogP contribution < -0.4 is 0 Å². The van der Waals surface area contributed by atoms with E-state index in [1.165, 1.54) is 32.7 Å². The number of hydrogen-bond donors (Lipinski definition) is 0. The SMILES string of the molecule is C=Cc1c(/C=C\C)n(-c2cccc(-n3c4ccccc4c4ccccc43)c2)c2ccccc12. The number of fused-ring (bicyclic) bond motifs is 4. The van der Waals surface area contributed by atoms with Gasteiger partial charge in [-0.1, -0.05) is 79.4 Å². The predicted octanol–water partition coefficient (Wildman–Crippen LogP) is 8.40. The fourth-order valence-corrected chi connectivity index (χ4v) is 5.07. The number of aromatic nitrogens is 2. The fraction of sp³-hybridized carbons (Fsp3) is 0.0323. The molecular formula is C31H24N2. The average Bonchev–Trinajstić information content (AvgIpc) is 3.37. The maximum atomic E-state index is 4.11. The Labute approximate surface area is 193 Å². The van der Waals surface area contributed by atoms with Gasteiger partial charge in [0, 0.05) is 33.1 Å². The van der Waals surface area contributed by atoms with Gasteiger partial charge in [-0.15, -0.1) is 0 Å². The van der Waals surface area contributed by atoms with Gasteiger partial charge in [0.2, 0.25) is 0 Å². The van der Waals surface area contributed by atoms with E-state index in [0.29, 0.717) is 0 Å². The lowest BCUT2D eigenvalue weighted by atomic mass is 10.1. The number of benzene rings is 4. The zero-order valence-corrected chi connectivity index (χ0v) is 18.6. The molecule has 33 heavy (non-hydrogen) atoms. The van der Waals surface area contributed by atoms with Crippen LogP contribution in [0.3, 0.4) is 0 Å². The zero-order valence-electron chi connectivity index (χ0n) is 18.6. The molecule has 6 rings (SSSR count). The Kier molecular flexibility index (Phi) is 4.51. The van der Waals surface area contributed by atoms with Gasteiger partial charge in [0.05, 0.1) is 22.2 Å². The van der Waals surface area contributed by atoms with Crippen LogP contribution in [0.5, 0.6) is 0 Å². The normalized spacial score (nSPS) is 11.8. The molecule has 0 atom stereocenters. The summed E-state index contributed by atoms with van der Waals surface area (Å²) in [5.41, 5.74) is 8.20. The molecule has 0 aliphatic rings. The van der Waals surface area contributed by atoms with E-state index in [0.717, 1.165) is 22.6 Å². The van der Waals surface area contributed by atoms with Crippen LogP contribution in [-0.2, 0) is 0 Å². The molecule has 2 heterocycles. The molecule has 0 aliphatic heterocycles.